The van der Waals surface area contributed by atoms with E-state index in [2.05, 4.69) is 90.1 Å². The predicted octanol–water partition coefficient (Wildman–Crippen LogP) is 6.98. The first-order valence-corrected chi connectivity index (χ1v) is 11.0. The summed E-state index contributed by atoms with van der Waals surface area (Å²) >= 11 is 0. The number of aryl methyl sites for hydroxylation is 2. The maximum Gasteiger partial charge on any atom is 0.145 e. The van der Waals surface area contributed by atoms with Crippen LogP contribution in [0.2, 0.25) is 0 Å². The Bertz CT molecular complexity index is 1590. The molecule has 0 radical (unpaired) electrons. The van der Waals surface area contributed by atoms with E-state index in [-0.39, 0.29) is 0 Å². The number of rotatable bonds is 3. The molecule has 0 amide bonds. The molecule has 0 aliphatic rings. The largest absolute Gasteiger partial charge is 0.298 e. The molecule has 0 bridgehead atoms. The number of fused-ring (bicyclic) bond motifs is 7. The molecule has 0 fully saturated rings. The van der Waals surface area contributed by atoms with Gasteiger partial charge in [-0.2, -0.15) is 0 Å². The average molecular weight is 402 g/mol. The maximum absolute atomic E-state index is 5.21. The fourth-order valence-electron chi connectivity index (χ4n) is 4.90. The first kappa shape index (κ1) is 18.1. The molecule has 0 unspecified atom stereocenters. The lowest BCUT2D eigenvalue weighted by Gasteiger charge is -2.10. The summed E-state index contributed by atoms with van der Waals surface area (Å²) in [5.74, 6) is 0. The highest BCUT2D eigenvalue weighted by Crippen LogP contribution is 2.35. The molecule has 0 spiro atoms. The van der Waals surface area contributed by atoms with Crippen LogP contribution in [0.3, 0.4) is 0 Å². The highest BCUT2D eigenvalue weighted by Gasteiger charge is 2.16. The van der Waals surface area contributed by atoms with Crippen molar-refractivity contribution in [3.63, 3.8) is 0 Å². The minimum Gasteiger partial charge on any atom is -0.298 e. The molecule has 3 aromatic carbocycles. The summed E-state index contributed by atoms with van der Waals surface area (Å²) in [6, 6.07) is 21.8. The molecule has 3 heterocycles. The Hall–Kier alpha value is -3.72. The van der Waals surface area contributed by atoms with Gasteiger partial charge in [0.1, 0.15) is 5.65 Å². The molecule has 0 aliphatic heterocycles. The van der Waals surface area contributed by atoms with Gasteiger partial charge in [-0.3, -0.25) is 9.38 Å². The summed E-state index contributed by atoms with van der Waals surface area (Å²) in [6.07, 6.45) is 8.01. The summed E-state index contributed by atoms with van der Waals surface area (Å²) in [7, 11) is 0. The number of aromatic nitrogens is 3. The number of hydrogen-bond acceptors (Lipinski definition) is 2. The summed E-state index contributed by atoms with van der Waals surface area (Å²) in [5, 5.41) is 6.01. The van der Waals surface area contributed by atoms with E-state index in [0.29, 0.717) is 0 Å². The van der Waals surface area contributed by atoms with Crippen LogP contribution < -0.4 is 0 Å². The number of hydrogen-bond donors (Lipinski definition) is 0. The summed E-state index contributed by atoms with van der Waals surface area (Å²) in [5.41, 5.74) is 7.22. The third-order valence-corrected chi connectivity index (χ3v) is 6.43. The van der Waals surface area contributed by atoms with Gasteiger partial charge < -0.3 is 0 Å². The van der Waals surface area contributed by atoms with Crippen LogP contribution in [0.15, 0.2) is 79.3 Å². The predicted molar refractivity (Wildman–Crippen MR) is 130 cm³/mol. The fourth-order valence-corrected chi connectivity index (χ4v) is 4.90. The molecule has 3 aromatic heterocycles. The van der Waals surface area contributed by atoms with Crippen molar-refractivity contribution in [2.45, 2.75) is 26.7 Å². The quantitative estimate of drug-likeness (QED) is 0.236. The van der Waals surface area contributed by atoms with Gasteiger partial charge in [0, 0.05) is 40.3 Å². The van der Waals surface area contributed by atoms with Gasteiger partial charge in [-0.25, -0.2) is 4.98 Å². The van der Waals surface area contributed by atoms with E-state index in [9.17, 15) is 0 Å². The van der Waals surface area contributed by atoms with Crippen molar-refractivity contribution in [1.29, 1.82) is 0 Å². The standard InChI is InChI=1S/C28H23N3/c1-3-18-8-7-9-19(4-2)27(18)25-17-31-26-15-21-16-29-13-12-20(21)14-24(26)22-10-5-6-11-23(22)28(31)30-25/h5-17H,3-4H2,1-2H3. The van der Waals surface area contributed by atoms with Crippen LogP contribution in [-0.4, -0.2) is 14.4 Å². The second-order valence-corrected chi connectivity index (χ2v) is 8.12. The highest BCUT2D eigenvalue weighted by atomic mass is 15.0. The number of imidazole rings is 1. The van der Waals surface area contributed by atoms with Gasteiger partial charge in [0.05, 0.1) is 11.2 Å². The van der Waals surface area contributed by atoms with Crippen LogP contribution in [0.5, 0.6) is 0 Å². The monoisotopic (exact) mass is 401 g/mol. The van der Waals surface area contributed by atoms with E-state index in [0.717, 1.165) is 29.6 Å². The second kappa shape index (κ2) is 6.92. The average Bonchev–Trinajstić information content (AvgIpc) is 3.28. The van der Waals surface area contributed by atoms with Gasteiger partial charge in [0.2, 0.25) is 0 Å². The Morgan fingerprint density at radius 2 is 1.55 bits per heavy atom. The van der Waals surface area contributed by atoms with Crippen LogP contribution in [0.4, 0.5) is 0 Å². The first-order chi connectivity index (χ1) is 15.3. The minimum atomic E-state index is 0.995. The van der Waals surface area contributed by atoms with E-state index in [1.807, 2.05) is 12.4 Å². The summed E-state index contributed by atoms with van der Waals surface area (Å²) in [6.45, 7) is 4.44. The van der Waals surface area contributed by atoms with E-state index in [1.54, 1.807) is 0 Å². The van der Waals surface area contributed by atoms with E-state index >= 15 is 0 Å². The van der Waals surface area contributed by atoms with Gasteiger partial charge in [0.15, 0.2) is 0 Å². The van der Waals surface area contributed by atoms with Gasteiger partial charge in [-0.15, -0.1) is 0 Å². The zero-order chi connectivity index (χ0) is 20.9. The van der Waals surface area contributed by atoms with Crippen LogP contribution in [0, 0.1) is 0 Å². The molecule has 0 saturated heterocycles. The van der Waals surface area contributed by atoms with Crippen molar-refractivity contribution < 1.29 is 0 Å². The molecule has 6 rings (SSSR count). The van der Waals surface area contributed by atoms with Crippen LogP contribution >= 0.6 is 0 Å². The van der Waals surface area contributed by atoms with Gasteiger partial charge in [-0.05, 0) is 52.9 Å². The van der Waals surface area contributed by atoms with E-state index in [1.165, 1.54) is 43.8 Å². The zero-order valence-corrected chi connectivity index (χ0v) is 17.8. The van der Waals surface area contributed by atoms with Crippen molar-refractivity contribution in [1.82, 2.24) is 14.4 Å². The lowest BCUT2D eigenvalue weighted by molar-refractivity contribution is 1.09. The second-order valence-electron chi connectivity index (χ2n) is 8.12. The third kappa shape index (κ3) is 2.66. The Morgan fingerprint density at radius 1 is 0.774 bits per heavy atom. The highest BCUT2D eigenvalue weighted by molar-refractivity contribution is 6.15. The molecule has 3 nitrogen and oxygen atoms in total. The SMILES string of the molecule is CCc1cccc(CC)c1-c1cn2c3cc4cnccc4cc3c3ccccc3c2n1. The molecule has 6 aromatic rings. The van der Waals surface area contributed by atoms with Crippen molar-refractivity contribution in [2.24, 2.45) is 0 Å². The fraction of sp³-hybridized carbons (Fsp3) is 0.143. The molecule has 31 heavy (non-hydrogen) atoms. The Balaban J connectivity index is 1.79. The van der Waals surface area contributed by atoms with Crippen LogP contribution in [0.25, 0.3) is 49.4 Å². The summed E-state index contributed by atoms with van der Waals surface area (Å²) < 4.78 is 2.27. The van der Waals surface area contributed by atoms with Crippen molar-refractivity contribution in [3.8, 4) is 11.3 Å². The zero-order valence-electron chi connectivity index (χ0n) is 17.8. The van der Waals surface area contributed by atoms with Crippen molar-refractivity contribution in [3.05, 3.63) is 90.4 Å². The maximum atomic E-state index is 5.21. The molecule has 3 heteroatoms. The Labute approximate surface area is 181 Å². The molecule has 0 saturated carbocycles. The van der Waals surface area contributed by atoms with Crippen LogP contribution in [-0.2, 0) is 12.8 Å². The van der Waals surface area contributed by atoms with Gasteiger partial charge >= 0.3 is 0 Å². The molecular formula is C28H23N3. The van der Waals surface area contributed by atoms with Crippen molar-refractivity contribution in [2.75, 3.05) is 0 Å². The Kier molecular flexibility index (Phi) is 4.03. The number of benzene rings is 3. The van der Waals surface area contributed by atoms with Gasteiger partial charge in [-0.1, -0.05) is 56.3 Å². The molecular weight excluding hydrogens is 378 g/mol. The summed E-state index contributed by atoms with van der Waals surface area (Å²) in [4.78, 5) is 9.54. The first-order valence-electron chi connectivity index (χ1n) is 11.0. The number of nitrogens with zero attached hydrogens (tertiary/aromatic N) is 3. The topological polar surface area (TPSA) is 30.2 Å². The lowest BCUT2D eigenvalue weighted by Crippen LogP contribution is -1.94. The van der Waals surface area contributed by atoms with E-state index < -0.39 is 0 Å². The third-order valence-electron chi connectivity index (χ3n) is 6.43. The molecule has 0 atom stereocenters. The van der Waals surface area contributed by atoms with Crippen LogP contribution in [0.1, 0.15) is 25.0 Å². The van der Waals surface area contributed by atoms with E-state index in [4.69, 9.17) is 4.98 Å². The molecule has 0 N–H and O–H groups in total. The normalized spacial score (nSPS) is 11.8. The van der Waals surface area contributed by atoms with Crippen molar-refractivity contribution >= 4 is 38.1 Å². The number of pyridine rings is 2. The lowest BCUT2D eigenvalue weighted by atomic mass is 9.95. The minimum absolute atomic E-state index is 0.995. The molecule has 150 valence electrons. The smallest absolute Gasteiger partial charge is 0.145 e. The van der Waals surface area contributed by atoms with Gasteiger partial charge in [0.25, 0.3) is 0 Å². The Morgan fingerprint density at radius 3 is 2.32 bits per heavy atom. The molecule has 0 aliphatic carbocycles.